The average Bonchev–Trinajstić information content (AvgIpc) is 2.98. The second kappa shape index (κ2) is 6.57. The van der Waals surface area contributed by atoms with Gasteiger partial charge in [-0.3, -0.25) is 9.69 Å². The molecule has 1 aromatic rings. The van der Waals surface area contributed by atoms with Crippen molar-refractivity contribution in [2.45, 2.75) is 25.8 Å². The Hall–Kier alpha value is -1.55. The first kappa shape index (κ1) is 13.9. The van der Waals surface area contributed by atoms with Gasteiger partial charge < -0.3 is 10.6 Å². The van der Waals surface area contributed by atoms with Crippen LogP contribution in [0.1, 0.15) is 30.1 Å². The fourth-order valence-electron chi connectivity index (χ4n) is 2.44. The van der Waals surface area contributed by atoms with E-state index in [0.29, 0.717) is 18.2 Å². The molecule has 1 aliphatic rings. The van der Waals surface area contributed by atoms with Crippen molar-refractivity contribution in [2.75, 3.05) is 32.0 Å². The molecule has 1 heterocycles. The van der Waals surface area contributed by atoms with Crippen molar-refractivity contribution < 1.29 is 4.79 Å². The van der Waals surface area contributed by atoms with Crippen molar-refractivity contribution in [2.24, 2.45) is 0 Å². The summed E-state index contributed by atoms with van der Waals surface area (Å²) in [4.78, 5) is 14.4. The molecule has 2 N–H and O–H groups in total. The highest BCUT2D eigenvalue weighted by Crippen LogP contribution is 2.11. The SMILES string of the molecule is CNc1ccc(C(=O)NCC(C)N2CCCC2)cc1. The van der Waals surface area contributed by atoms with E-state index in [1.807, 2.05) is 31.3 Å². The number of benzene rings is 1. The van der Waals surface area contributed by atoms with Crippen LogP contribution in [0.3, 0.4) is 0 Å². The third-order valence-electron chi connectivity index (χ3n) is 3.76. The highest BCUT2D eigenvalue weighted by Gasteiger charge is 2.18. The second-order valence-electron chi connectivity index (χ2n) is 5.13. The number of carbonyl (C=O) groups is 1. The lowest BCUT2D eigenvalue weighted by Gasteiger charge is -2.23. The van der Waals surface area contributed by atoms with Gasteiger partial charge in [-0.15, -0.1) is 0 Å². The molecule has 1 fully saturated rings. The summed E-state index contributed by atoms with van der Waals surface area (Å²) in [5, 5.41) is 6.05. The minimum atomic E-state index is 0.00806. The molecule has 0 saturated carbocycles. The number of amides is 1. The number of nitrogens with zero attached hydrogens (tertiary/aromatic N) is 1. The fraction of sp³-hybridized carbons (Fsp3) is 0.533. The predicted octanol–water partition coefficient (Wildman–Crippen LogP) is 1.94. The van der Waals surface area contributed by atoms with Gasteiger partial charge >= 0.3 is 0 Å². The van der Waals surface area contributed by atoms with Gasteiger partial charge in [-0.05, 0) is 57.1 Å². The van der Waals surface area contributed by atoms with Gasteiger partial charge in [-0.1, -0.05) is 0 Å². The maximum atomic E-state index is 12.0. The van der Waals surface area contributed by atoms with Crippen LogP contribution in [0.25, 0.3) is 0 Å². The van der Waals surface area contributed by atoms with Crippen LogP contribution in [0.5, 0.6) is 0 Å². The maximum absolute atomic E-state index is 12.0. The molecule has 0 bridgehead atoms. The van der Waals surface area contributed by atoms with Crippen LogP contribution in [0.2, 0.25) is 0 Å². The highest BCUT2D eigenvalue weighted by atomic mass is 16.1. The smallest absolute Gasteiger partial charge is 0.251 e. The van der Waals surface area contributed by atoms with Gasteiger partial charge in [0.2, 0.25) is 0 Å². The van der Waals surface area contributed by atoms with E-state index in [9.17, 15) is 4.79 Å². The quantitative estimate of drug-likeness (QED) is 0.851. The Kier molecular flexibility index (Phi) is 4.80. The highest BCUT2D eigenvalue weighted by molar-refractivity contribution is 5.94. The molecule has 19 heavy (non-hydrogen) atoms. The normalized spacial score (nSPS) is 17.2. The summed E-state index contributed by atoms with van der Waals surface area (Å²) < 4.78 is 0. The topological polar surface area (TPSA) is 44.4 Å². The van der Waals surface area contributed by atoms with Gasteiger partial charge in [0, 0.05) is 30.9 Å². The molecular formula is C15H23N3O. The summed E-state index contributed by atoms with van der Waals surface area (Å²) in [6.45, 7) is 5.21. The van der Waals surface area contributed by atoms with Crippen molar-refractivity contribution in [3.8, 4) is 0 Å². The Labute approximate surface area is 115 Å². The van der Waals surface area contributed by atoms with E-state index in [1.165, 1.54) is 12.8 Å². The summed E-state index contributed by atoms with van der Waals surface area (Å²) >= 11 is 0. The van der Waals surface area contributed by atoms with E-state index >= 15 is 0 Å². The molecule has 0 aliphatic carbocycles. The zero-order valence-corrected chi connectivity index (χ0v) is 11.8. The van der Waals surface area contributed by atoms with Crippen LogP contribution in [-0.2, 0) is 0 Å². The molecule has 1 atom stereocenters. The van der Waals surface area contributed by atoms with Crippen LogP contribution >= 0.6 is 0 Å². The van der Waals surface area contributed by atoms with E-state index in [2.05, 4.69) is 22.5 Å². The van der Waals surface area contributed by atoms with Gasteiger partial charge in [0.25, 0.3) is 5.91 Å². The van der Waals surface area contributed by atoms with Crippen molar-refractivity contribution >= 4 is 11.6 Å². The van der Waals surface area contributed by atoms with E-state index < -0.39 is 0 Å². The summed E-state index contributed by atoms with van der Waals surface area (Å²) in [6.07, 6.45) is 2.56. The van der Waals surface area contributed by atoms with Gasteiger partial charge in [-0.25, -0.2) is 0 Å². The minimum Gasteiger partial charge on any atom is -0.388 e. The van der Waals surface area contributed by atoms with E-state index in [0.717, 1.165) is 18.8 Å². The predicted molar refractivity (Wildman–Crippen MR) is 78.6 cm³/mol. The summed E-state index contributed by atoms with van der Waals surface area (Å²) in [7, 11) is 1.87. The first-order valence-electron chi connectivity index (χ1n) is 7.01. The standard InChI is InChI=1S/C15H23N3O/c1-12(18-9-3-4-10-18)11-17-15(19)13-5-7-14(16-2)8-6-13/h5-8,12,16H,3-4,9-11H2,1-2H3,(H,17,19). The van der Waals surface area contributed by atoms with Crippen LogP contribution in [0.15, 0.2) is 24.3 Å². The molecule has 1 saturated heterocycles. The zero-order valence-electron chi connectivity index (χ0n) is 11.8. The Bertz CT molecular complexity index is 410. The Morgan fingerprint density at radius 3 is 2.47 bits per heavy atom. The van der Waals surface area contributed by atoms with E-state index in [4.69, 9.17) is 0 Å². The van der Waals surface area contributed by atoms with Crippen LogP contribution in [-0.4, -0.2) is 43.5 Å². The molecule has 4 nitrogen and oxygen atoms in total. The van der Waals surface area contributed by atoms with Crippen molar-refractivity contribution in [3.05, 3.63) is 29.8 Å². The molecule has 0 radical (unpaired) electrons. The number of nitrogens with one attached hydrogen (secondary N) is 2. The monoisotopic (exact) mass is 261 g/mol. The molecule has 1 aromatic carbocycles. The number of rotatable bonds is 5. The van der Waals surface area contributed by atoms with Gasteiger partial charge in [0.05, 0.1) is 0 Å². The van der Waals surface area contributed by atoms with Gasteiger partial charge in [0.15, 0.2) is 0 Å². The van der Waals surface area contributed by atoms with Crippen molar-refractivity contribution in [1.29, 1.82) is 0 Å². The third-order valence-corrected chi connectivity index (χ3v) is 3.76. The molecule has 0 spiro atoms. The molecule has 0 aromatic heterocycles. The Morgan fingerprint density at radius 1 is 1.26 bits per heavy atom. The largest absolute Gasteiger partial charge is 0.388 e. The van der Waals surface area contributed by atoms with Crippen LogP contribution in [0, 0.1) is 0 Å². The Balaban J connectivity index is 1.82. The van der Waals surface area contributed by atoms with Crippen LogP contribution in [0.4, 0.5) is 5.69 Å². The average molecular weight is 261 g/mol. The summed E-state index contributed by atoms with van der Waals surface area (Å²) in [5.74, 6) is 0.00806. The van der Waals surface area contributed by atoms with E-state index in [-0.39, 0.29) is 5.91 Å². The summed E-state index contributed by atoms with van der Waals surface area (Å²) in [5.41, 5.74) is 1.73. The first-order valence-corrected chi connectivity index (χ1v) is 7.01. The number of carbonyl (C=O) groups excluding carboxylic acids is 1. The summed E-state index contributed by atoms with van der Waals surface area (Å²) in [6, 6.07) is 7.95. The molecule has 1 unspecified atom stereocenters. The van der Waals surface area contributed by atoms with Crippen molar-refractivity contribution in [3.63, 3.8) is 0 Å². The number of anilines is 1. The fourth-order valence-corrected chi connectivity index (χ4v) is 2.44. The maximum Gasteiger partial charge on any atom is 0.251 e. The lowest BCUT2D eigenvalue weighted by molar-refractivity contribution is 0.0940. The number of hydrogen-bond acceptors (Lipinski definition) is 3. The minimum absolute atomic E-state index is 0.00806. The van der Waals surface area contributed by atoms with Crippen molar-refractivity contribution in [1.82, 2.24) is 10.2 Å². The van der Waals surface area contributed by atoms with Gasteiger partial charge in [0.1, 0.15) is 0 Å². The molecule has 4 heteroatoms. The van der Waals surface area contributed by atoms with Gasteiger partial charge in [-0.2, -0.15) is 0 Å². The molecule has 1 amide bonds. The molecule has 104 valence electrons. The number of hydrogen-bond donors (Lipinski definition) is 2. The molecular weight excluding hydrogens is 238 g/mol. The molecule has 2 rings (SSSR count). The molecule has 1 aliphatic heterocycles. The van der Waals surface area contributed by atoms with Crippen LogP contribution < -0.4 is 10.6 Å². The second-order valence-corrected chi connectivity index (χ2v) is 5.13. The Morgan fingerprint density at radius 2 is 1.89 bits per heavy atom. The zero-order chi connectivity index (χ0) is 13.7. The third kappa shape index (κ3) is 3.70. The number of likely N-dealkylation sites (tertiary alicyclic amines) is 1. The van der Waals surface area contributed by atoms with E-state index in [1.54, 1.807) is 0 Å². The lowest BCUT2D eigenvalue weighted by atomic mass is 10.2. The lowest BCUT2D eigenvalue weighted by Crippen LogP contribution is -2.40. The first-order chi connectivity index (χ1) is 9.20.